The van der Waals surface area contributed by atoms with E-state index in [1.807, 2.05) is 38.1 Å². The summed E-state index contributed by atoms with van der Waals surface area (Å²) in [6.45, 7) is 3.96. The smallest absolute Gasteiger partial charge is 0.329 e. The van der Waals surface area contributed by atoms with Crippen molar-refractivity contribution >= 4 is 24.0 Å². The van der Waals surface area contributed by atoms with Gasteiger partial charge in [0.1, 0.15) is 18.8 Å². The summed E-state index contributed by atoms with van der Waals surface area (Å²) in [4.78, 5) is 35.6. The molecule has 8 nitrogen and oxygen atoms in total. The molecule has 0 unspecified atom stereocenters. The summed E-state index contributed by atoms with van der Waals surface area (Å²) in [6.07, 6.45) is 1.47. The van der Waals surface area contributed by atoms with E-state index in [2.05, 4.69) is 5.32 Å². The molecule has 3 rings (SSSR count). The Morgan fingerprint density at radius 1 is 1.10 bits per heavy atom. The van der Waals surface area contributed by atoms with Crippen LogP contribution in [-0.4, -0.2) is 41.1 Å². The summed E-state index contributed by atoms with van der Waals surface area (Å²) < 4.78 is 11.5. The molecule has 3 amide bonds. The third-order valence-electron chi connectivity index (χ3n) is 4.35. The lowest BCUT2D eigenvalue weighted by Crippen LogP contribution is -2.35. The molecule has 30 heavy (non-hydrogen) atoms. The number of amides is 3. The molecule has 1 heterocycles. The second-order valence-corrected chi connectivity index (χ2v) is 6.69. The number of aryl methyl sites for hydroxylation is 1. The highest BCUT2D eigenvalue weighted by Gasteiger charge is 2.34. The number of carbonyl (C=O) groups excluding carboxylic acids is 2. The molecule has 0 atom stereocenters. The average Bonchev–Trinajstić information content (AvgIpc) is 2.96. The molecule has 0 radical (unpaired) electrons. The molecule has 2 aromatic carbocycles. The first-order chi connectivity index (χ1) is 14.4. The first kappa shape index (κ1) is 20.9. The maximum Gasteiger partial charge on any atom is 0.329 e. The predicted octanol–water partition coefficient (Wildman–Crippen LogP) is 2.95. The van der Waals surface area contributed by atoms with E-state index in [0.29, 0.717) is 35.2 Å². The second kappa shape index (κ2) is 9.13. The molecule has 1 aliphatic rings. The lowest BCUT2D eigenvalue weighted by atomic mass is 10.1. The molecular formula is C22H22N2O6. The summed E-state index contributed by atoms with van der Waals surface area (Å²) in [6, 6.07) is 12.4. The van der Waals surface area contributed by atoms with Crippen molar-refractivity contribution < 1.29 is 29.0 Å². The van der Waals surface area contributed by atoms with Gasteiger partial charge in [0.15, 0.2) is 11.5 Å². The minimum Gasteiger partial charge on any atom is -0.490 e. The number of aliphatic carboxylic acids is 1. The topological polar surface area (TPSA) is 105 Å². The van der Waals surface area contributed by atoms with Crippen molar-refractivity contribution in [1.82, 2.24) is 10.2 Å². The number of hydrogen-bond donors (Lipinski definition) is 2. The lowest BCUT2D eigenvalue weighted by Gasteiger charge is -2.13. The molecule has 0 aromatic heterocycles. The Morgan fingerprint density at radius 3 is 2.50 bits per heavy atom. The van der Waals surface area contributed by atoms with Crippen molar-refractivity contribution in [1.29, 1.82) is 0 Å². The number of rotatable bonds is 8. The van der Waals surface area contributed by atoms with Crippen molar-refractivity contribution in [3.63, 3.8) is 0 Å². The van der Waals surface area contributed by atoms with Crippen LogP contribution in [0.2, 0.25) is 0 Å². The van der Waals surface area contributed by atoms with Gasteiger partial charge in [-0.3, -0.25) is 9.59 Å². The van der Waals surface area contributed by atoms with Crippen LogP contribution in [0.15, 0.2) is 48.2 Å². The van der Waals surface area contributed by atoms with Gasteiger partial charge in [-0.15, -0.1) is 0 Å². The summed E-state index contributed by atoms with van der Waals surface area (Å²) in [5.41, 5.74) is 2.78. The summed E-state index contributed by atoms with van der Waals surface area (Å²) in [5.74, 6) is -0.916. The first-order valence-electron chi connectivity index (χ1n) is 9.39. The second-order valence-electron chi connectivity index (χ2n) is 6.69. The fourth-order valence-corrected chi connectivity index (χ4v) is 2.86. The Morgan fingerprint density at radius 2 is 1.83 bits per heavy atom. The molecular weight excluding hydrogens is 388 g/mol. The number of ether oxygens (including phenoxy) is 2. The fourth-order valence-electron chi connectivity index (χ4n) is 2.86. The van der Waals surface area contributed by atoms with E-state index in [1.54, 1.807) is 18.2 Å². The zero-order valence-corrected chi connectivity index (χ0v) is 16.7. The third-order valence-corrected chi connectivity index (χ3v) is 4.35. The Balaban J connectivity index is 1.78. The molecule has 0 saturated carbocycles. The standard InChI is InChI=1S/C22H22N2O6/c1-3-29-19-11-16(10-17-21(27)24(12-20(25)26)22(28)23-17)8-9-18(19)30-13-15-6-4-14(2)5-7-15/h4-11H,3,12-13H2,1-2H3,(H,23,28)(H,25,26)/b17-10+. The molecule has 0 aliphatic carbocycles. The first-order valence-corrected chi connectivity index (χ1v) is 9.39. The SMILES string of the molecule is CCOc1cc(/C=C2/NC(=O)N(CC(=O)O)C2=O)ccc1OCc1ccc(C)cc1. The molecule has 0 spiro atoms. The molecule has 0 bridgehead atoms. The highest BCUT2D eigenvalue weighted by atomic mass is 16.5. The normalized spacial score (nSPS) is 14.7. The number of carboxylic acid groups (broad SMARTS) is 1. The molecule has 2 N–H and O–H groups in total. The Hall–Kier alpha value is -3.81. The number of urea groups is 1. The third kappa shape index (κ3) is 4.96. The average molecular weight is 410 g/mol. The van der Waals surface area contributed by atoms with Crippen LogP contribution in [0.4, 0.5) is 4.79 Å². The van der Waals surface area contributed by atoms with E-state index in [9.17, 15) is 14.4 Å². The molecule has 8 heteroatoms. The van der Waals surface area contributed by atoms with Gasteiger partial charge in [-0.1, -0.05) is 35.9 Å². The van der Waals surface area contributed by atoms with Gasteiger partial charge in [0.25, 0.3) is 5.91 Å². The monoisotopic (exact) mass is 410 g/mol. The lowest BCUT2D eigenvalue weighted by molar-refractivity contribution is -0.140. The summed E-state index contributed by atoms with van der Waals surface area (Å²) in [7, 11) is 0. The highest BCUT2D eigenvalue weighted by molar-refractivity contribution is 6.15. The minimum absolute atomic E-state index is 0.00276. The van der Waals surface area contributed by atoms with Crippen molar-refractivity contribution in [3.8, 4) is 11.5 Å². The fraction of sp³-hybridized carbons (Fsp3) is 0.227. The highest BCUT2D eigenvalue weighted by Crippen LogP contribution is 2.30. The van der Waals surface area contributed by atoms with Gasteiger partial charge in [0, 0.05) is 0 Å². The van der Waals surface area contributed by atoms with E-state index in [1.165, 1.54) is 11.6 Å². The van der Waals surface area contributed by atoms with Gasteiger partial charge >= 0.3 is 12.0 Å². The summed E-state index contributed by atoms with van der Waals surface area (Å²) >= 11 is 0. The van der Waals surface area contributed by atoms with Crippen molar-refractivity contribution in [2.75, 3.05) is 13.2 Å². The molecule has 1 aliphatic heterocycles. The van der Waals surface area contributed by atoms with Crippen LogP contribution in [0.5, 0.6) is 11.5 Å². The number of carboxylic acids is 1. The van der Waals surface area contributed by atoms with Crippen LogP contribution in [0.3, 0.4) is 0 Å². The predicted molar refractivity (Wildman–Crippen MR) is 109 cm³/mol. The van der Waals surface area contributed by atoms with Crippen molar-refractivity contribution in [2.24, 2.45) is 0 Å². The van der Waals surface area contributed by atoms with Crippen LogP contribution in [0.1, 0.15) is 23.6 Å². The largest absolute Gasteiger partial charge is 0.490 e. The molecule has 2 aromatic rings. The van der Waals surface area contributed by atoms with Gasteiger partial charge in [-0.05, 0) is 43.2 Å². The molecule has 156 valence electrons. The van der Waals surface area contributed by atoms with Gasteiger partial charge in [-0.25, -0.2) is 9.69 Å². The number of nitrogens with one attached hydrogen (secondary N) is 1. The molecule has 1 saturated heterocycles. The van der Waals surface area contributed by atoms with Gasteiger partial charge in [0.2, 0.25) is 0 Å². The number of nitrogens with zero attached hydrogens (tertiary/aromatic N) is 1. The van der Waals surface area contributed by atoms with Crippen LogP contribution in [0.25, 0.3) is 6.08 Å². The number of imide groups is 1. The maximum atomic E-state index is 12.3. The molecule has 1 fully saturated rings. The zero-order valence-electron chi connectivity index (χ0n) is 16.7. The zero-order chi connectivity index (χ0) is 21.7. The van der Waals surface area contributed by atoms with Crippen LogP contribution < -0.4 is 14.8 Å². The Kier molecular flexibility index (Phi) is 6.36. The summed E-state index contributed by atoms with van der Waals surface area (Å²) in [5, 5.41) is 11.2. The van der Waals surface area contributed by atoms with E-state index < -0.39 is 24.5 Å². The Labute approximate surface area is 173 Å². The number of benzene rings is 2. The van der Waals surface area contributed by atoms with Crippen LogP contribution in [-0.2, 0) is 16.2 Å². The quantitative estimate of drug-likeness (QED) is 0.512. The van der Waals surface area contributed by atoms with Gasteiger partial charge < -0.3 is 19.9 Å². The van der Waals surface area contributed by atoms with Gasteiger partial charge in [-0.2, -0.15) is 0 Å². The minimum atomic E-state index is -1.27. The van der Waals surface area contributed by atoms with Crippen LogP contribution in [0, 0.1) is 6.92 Å². The van der Waals surface area contributed by atoms with E-state index in [0.717, 1.165) is 5.56 Å². The van der Waals surface area contributed by atoms with E-state index in [-0.39, 0.29) is 5.70 Å². The van der Waals surface area contributed by atoms with Gasteiger partial charge in [0.05, 0.1) is 6.61 Å². The van der Waals surface area contributed by atoms with E-state index in [4.69, 9.17) is 14.6 Å². The van der Waals surface area contributed by atoms with Crippen molar-refractivity contribution in [3.05, 3.63) is 64.9 Å². The van der Waals surface area contributed by atoms with Crippen molar-refractivity contribution in [2.45, 2.75) is 20.5 Å². The maximum absolute atomic E-state index is 12.3. The van der Waals surface area contributed by atoms with Crippen LogP contribution >= 0.6 is 0 Å². The number of carbonyl (C=O) groups is 3. The Bertz CT molecular complexity index is 997. The van der Waals surface area contributed by atoms with E-state index >= 15 is 0 Å². The number of hydrogen-bond acceptors (Lipinski definition) is 5.